The van der Waals surface area contributed by atoms with Gasteiger partial charge in [-0.15, -0.1) is 0 Å². The average molecular weight is 254 g/mol. The summed E-state index contributed by atoms with van der Waals surface area (Å²) < 4.78 is 0. The molecule has 0 aliphatic rings. The molecule has 0 bridgehead atoms. The van der Waals surface area contributed by atoms with Crippen LogP contribution in [0.25, 0.3) is 10.8 Å². The van der Waals surface area contributed by atoms with Crippen molar-refractivity contribution in [2.45, 2.75) is 12.8 Å². The molecule has 0 radical (unpaired) electrons. The van der Waals surface area contributed by atoms with Crippen molar-refractivity contribution in [3.63, 3.8) is 0 Å². The summed E-state index contributed by atoms with van der Waals surface area (Å²) >= 11 is 0. The summed E-state index contributed by atoms with van der Waals surface area (Å²) in [6.45, 7) is 1.81. The van der Waals surface area contributed by atoms with Crippen LogP contribution in [0.4, 0.5) is 0 Å². The molecule has 1 atom stereocenters. The average Bonchev–Trinajstić information content (AvgIpc) is 2.37. The van der Waals surface area contributed by atoms with Gasteiger partial charge >= 0.3 is 35.5 Å². The Morgan fingerprint density at radius 3 is 2.56 bits per heavy atom. The van der Waals surface area contributed by atoms with E-state index in [4.69, 9.17) is 0 Å². The SMILES string of the molecule is COOC(=O)C(C)c1cccc2ccccc12.[H-].[Na+]. The number of hydrogen-bond donors (Lipinski definition) is 0. The van der Waals surface area contributed by atoms with Crippen molar-refractivity contribution in [1.29, 1.82) is 0 Å². The summed E-state index contributed by atoms with van der Waals surface area (Å²) in [5.74, 6) is -0.732. The van der Waals surface area contributed by atoms with Gasteiger partial charge in [0.1, 0.15) is 0 Å². The van der Waals surface area contributed by atoms with E-state index in [1.54, 1.807) is 0 Å². The zero-order chi connectivity index (χ0) is 12.3. The first kappa shape index (κ1) is 15.2. The van der Waals surface area contributed by atoms with Gasteiger partial charge in [0, 0.05) is 0 Å². The summed E-state index contributed by atoms with van der Waals surface area (Å²) in [6, 6.07) is 13.9. The van der Waals surface area contributed by atoms with Crippen molar-refractivity contribution in [2.24, 2.45) is 0 Å². The van der Waals surface area contributed by atoms with Crippen LogP contribution in [-0.4, -0.2) is 13.1 Å². The third-order valence-corrected chi connectivity index (χ3v) is 2.81. The van der Waals surface area contributed by atoms with Gasteiger partial charge < -0.3 is 1.43 Å². The minimum atomic E-state index is -0.385. The molecule has 0 spiro atoms. The zero-order valence-corrected chi connectivity index (χ0v) is 12.8. The fraction of sp³-hybridized carbons (Fsp3) is 0.214. The molecule has 0 heterocycles. The van der Waals surface area contributed by atoms with Crippen LogP contribution in [0.1, 0.15) is 19.8 Å². The van der Waals surface area contributed by atoms with E-state index >= 15 is 0 Å². The molecule has 0 fully saturated rings. The van der Waals surface area contributed by atoms with Crippen LogP contribution in [0, 0.1) is 0 Å². The number of benzene rings is 2. The smallest absolute Gasteiger partial charge is 1.00 e. The minimum absolute atomic E-state index is 0. The Morgan fingerprint density at radius 1 is 1.17 bits per heavy atom. The normalized spacial score (nSPS) is 11.7. The molecule has 0 aliphatic carbocycles. The molecule has 18 heavy (non-hydrogen) atoms. The largest absolute Gasteiger partial charge is 1.00 e. The fourth-order valence-corrected chi connectivity index (χ4v) is 1.91. The number of carbonyl (C=O) groups excluding carboxylic acids is 1. The Morgan fingerprint density at radius 2 is 1.83 bits per heavy atom. The van der Waals surface area contributed by atoms with Crippen LogP contribution in [0.2, 0.25) is 0 Å². The molecule has 0 aromatic heterocycles. The number of hydrogen-bond acceptors (Lipinski definition) is 3. The van der Waals surface area contributed by atoms with Crippen molar-refractivity contribution in [3.05, 3.63) is 48.0 Å². The zero-order valence-electron chi connectivity index (χ0n) is 11.8. The van der Waals surface area contributed by atoms with Crippen molar-refractivity contribution < 1.29 is 45.6 Å². The van der Waals surface area contributed by atoms with E-state index < -0.39 is 0 Å². The van der Waals surface area contributed by atoms with E-state index in [1.807, 2.05) is 49.4 Å². The van der Waals surface area contributed by atoms with E-state index in [9.17, 15) is 4.79 Å². The molecule has 0 amide bonds. The standard InChI is InChI=1S/C14H14O3.Na.H/c1-10(14(15)17-16-2)12-9-5-7-11-6-3-4-8-13(11)12;;/h3-10H,1-2H3;;/q;+1;-1. The maximum absolute atomic E-state index is 11.6. The molecule has 0 aliphatic heterocycles. The topological polar surface area (TPSA) is 35.5 Å². The second-order valence-corrected chi connectivity index (χ2v) is 3.86. The van der Waals surface area contributed by atoms with Crippen LogP contribution < -0.4 is 29.6 Å². The number of carbonyl (C=O) groups is 1. The van der Waals surface area contributed by atoms with Crippen LogP contribution in [0.3, 0.4) is 0 Å². The third kappa shape index (κ3) is 3.12. The van der Waals surface area contributed by atoms with Crippen LogP contribution in [0.5, 0.6) is 0 Å². The molecule has 1 unspecified atom stereocenters. The molecule has 4 heteroatoms. The van der Waals surface area contributed by atoms with Crippen LogP contribution >= 0.6 is 0 Å². The van der Waals surface area contributed by atoms with E-state index in [0.29, 0.717) is 0 Å². The second-order valence-electron chi connectivity index (χ2n) is 3.86. The van der Waals surface area contributed by atoms with Crippen LogP contribution in [-0.2, 0) is 14.6 Å². The Bertz CT molecular complexity index is 540. The summed E-state index contributed by atoms with van der Waals surface area (Å²) in [6.07, 6.45) is 0. The summed E-state index contributed by atoms with van der Waals surface area (Å²) in [5.41, 5.74) is 0.949. The van der Waals surface area contributed by atoms with Gasteiger partial charge in [-0.2, -0.15) is 4.89 Å². The summed E-state index contributed by atoms with van der Waals surface area (Å²) in [7, 11) is 1.33. The molecule has 2 aromatic carbocycles. The minimum Gasteiger partial charge on any atom is -1.00 e. The predicted molar refractivity (Wildman–Crippen MR) is 66.6 cm³/mol. The Balaban J connectivity index is 0.00000162. The quantitative estimate of drug-likeness (QED) is 0.445. The van der Waals surface area contributed by atoms with Crippen molar-refractivity contribution in [1.82, 2.24) is 0 Å². The molecule has 0 N–H and O–H groups in total. The van der Waals surface area contributed by atoms with Gasteiger partial charge in [0.15, 0.2) is 0 Å². The predicted octanol–water partition coefficient (Wildman–Crippen LogP) is 0.164. The molecule has 3 nitrogen and oxygen atoms in total. The van der Waals surface area contributed by atoms with Crippen LogP contribution in [0.15, 0.2) is 42.5 Å². The molecule has 2 rings (SSSR count). The first-order chi connectivity index (χ1) is 8.24. The molecular weight excluding hydrogens is 239 g/mol. The van der Waals surface area contributed by atoms with Crippen molar-refractivity contribution >= 4 is 16.7 Å². The van der Waals surface area contributed by atoms with E-state index in [1.165, 1.54) is 7.11 Å². The van der Waals surface area contributed by atoms with Gasteiger partial charge in [-0.25, -0.2) is 4.79 Å². The molecule has 0 saturated carbocycles. The van der Waals surface area contributed by atoms with Crippen molar-refractivity contribution in [2.75, 3.05) is 7.11 Å². The molecule has 0 saturated heterocycles. The number of fused-ring (bicyclic) bond motifs is 1. The van der Waals surface area contributed by atoms with Gasteiger partial charge in [0.25, 0.3) is 0 Å². The first-order valence-electron chi connectivity index (χ1n) is 5.46. The van der Waals surface area contributed by atoms with Crippen molar-refractivity contribution in [3.8, 4) is 0 Å². The Hall–Kier alpha value is -0.870. The monoisotopic (exact) mass is 254 g/mol. The Labute approximate surface area is 130 Å². The van der Waals surface area contributed by atoms with Gasteiger partial charge in [0.05, 0.1) is 13.0 Å². The van der Waals surface area contributed by atoms with E-state index in [2.05, 4.69) is 9.78 Å². The van der Waals surface area contributed by atoms with E-state index in [0.717, 1.165) is 16.3 Å². The van der Waals surface area contributed by atoms with E-state index in [-0.39, 0.29) is 42.9 Å². The second kappa shape index (κ2) is 6.90. The summed E-state index contributed by atoms with van der Waals surface area (Å²) in [5, 5.41) is 2.18. The Kier molecular flexibility index (Phi) is 5.82. The number of rotatable bonds is 3. The fourth-order valence-electron chi connectivity index (χ4n) is 1.91. The summed E-state index contributed by atoms with van der Waals surface area (Å²) in [4.78, 5) is 20.6. The third-order valence-electron chi connectivity index (χ3n) is 2.81. The van der Waals surface area contributed by atoms with Gasteiger partial charge in [-0.1, -0.05) is 42.5 Å². The maximum atomic E-state index is 11.6. The van der Waals surface area contributed by atoms with Gasteiger partial charge in [0.2, 0.25) is 0 Å². The van der Waals surface area contributed by atoms with Gasteiger partial charge in [-0.3, -0.25) is 4.89 Å². The molecule has 90 valence electrons. The molecule has 2 aromatic rings. The molecular formula is C14H15NaO3. The maximum Gasteiger partial charge on any atom is 1.00 e. The van der Waals surface area contributed by atoms with Gasteiger partial charge in [-0.05, 0) is 23.3 Å². The first-order valence-corrected chi connectivity index (χ1v) is 5.46.